The van der Waals surface area contributed by atoms with Crippen LogP contribution in [0.4, 0.5) is 10.2 Å². The topological polar surface area (TPSA) is 42.2 Å². The van der Waals surface area contributed by atoms with E-state index < -0.39 is 0 Å². The maximum absolute atomic E-state index is 13.3. The number of nitrogens with one attached hydrogen (secondary N) is 1. The first-order valence-corrected chi connectivity index (χ1v) is 9.69. The number of fused-ring (bicyclic) bond motifs is 1. The Labute approximate surface area is 167 Å². The SMILES string of the molecule is CC(C)(C)Nc1c(-c2ccc(C#Cc3cccc(F)c3)s2)nc2cnccn12. The first-order chi connectivity index (χ1) is 13.4. The van der Waals surface area contributed by atoms with Gasteiger partial charge in [0, 0.05) is 23.5 Å². The zero-order valence-corrected chi connectivity index (χ0v) is 16.6. The van der Waals surface area contributed by atoms with Crippen LogP contribution in [-0.2, 0) is 0 Å². The second-order valence-corrected chi connectivity index (χ2v) is 8.50. The van der Waals surface area contributed by atoms with Crippen molar-refractivity contribution >= 4 is 22.8 Å². The van der Waals surface area contributed by atoms with Gasteiger partial charge < -0.3 is 5.32 Å². The maximum atomic E-state index is 13.3. The number of halogens is 1. The van der Waals surface area contributed by atoms with E-state index in [0.29, 0.717) is 5.56 Å². The molecule has 0 unspecified atom stereocenters. The van der Waals surface area contributed by atoms with Crippen molar-refractivity contribution in [1.29, 1.82) is 0 Å². The summed E-state index contributed by atoms with van der Waals surface area (Å²) in [5.74, 6) is 6.77. The van der Waals surface area contributed by atoms with Gasteiger partial charge >= 0.3 is 0 Å². The molecule has 1 N–H and O–H groups in total. The Hall–Kier alpha value is -3.17. The molecule has 0 aliphatic carbocycles. The Morgan fingerprint density at radius 1 is 1.14 bits per heavy atom. The number of hydrogen-bond acceptors (Lipinski definition) is 4. The lowest BCUT2D eigenvalue weighted by atomic mass is 10.1. The summed E-state index contributed by atoms with van der Waals surface area (Å²) in [6.07, 6.45) is 5.39. The molecule has 3 aromatic heterocycles. The highest BCUT2D eigenvalue weighted by molar-refractivity contribution is 7.16. The highest BCUT2D eigenvalue weighted by atomic mass is 32.1. The highest BCUT2D eigenvalue weighted by Gasteiger charge is 2.20. The molecule has 0 atom stereocenters. The summed E-state index contributed by atoms with van der Waals surface area (Å²) in [4.78, 5) is 10.8. The predicted molar refractivity (Wildman–Crippen MR) is 112 cm³/mol. The van der Waals surface area contributed by atoms with E-state index >= 15 is 0 Å². The number of benzene rings is 1. The van der Waals surface area contributed by atoms with E-state index in [0.717, 1.165) is 26.9 Å². The lowest BCUT2D eigenvalue weighted by Gasteiger charge is -2.22. The fourth-order valence-electron chi connectivity index (χ4n) is 2.79. The summed E-state index contributed by atoms with van der Waals surface area (Å²) < 4.78 is 15.3. The van der Waals surface area contributed by atoms with Crippen molar-refractivity contribution in [3.8, 4) is 22.4 Å². The van der Waals surface area contributed by atoms with Crippen LogP contribution in [0.2, 0.25) is 0 Å². The van der Waals surface area contributed by atoms with Crippen LogP contribution in [0.25, 0.3) is 16.2 Å². The van der Waals surface area contributed by atoms with Crippen molar-refractivity contribution in [1.82, 2.24) is 14.4 Å². The Balaban J connectivity index is 1.73. The molecule has 6 heteroatoms. The fraction of sp³-hybridized carbons (Fsp3) is 0.182. The molecule has 0 spiro atoms. The van der Waals surface area contributed by atoms with E-state index in [9.17, 15) is 4.39 Å². The molecule has 0 aliphatic heterocycles. The maximum Gasteiger partial charge on any atom is 0.157 e. The molecule has 0 fully saturated rings. The minimum Gasteiger partial charge on any atom is -0.365 e. The van der Waals surface area contributed by atoms with Crippen LogP contribution >= 0.6 is 11.3 Å². The lowest BCUT2D eigenvalue weighted by Crippen LogP contribution is -2.27. The number of imidazole rings is 1. The molecule has 0 saturated heterocycles. The molecule has 4 rings (SSSR count). The summed E-state index contributed by atoms with van der Waals surface area (Å²) in [6, 6.07) is 10.3. The van der Waals surface area contributed by atoms with Gasteiger partial charge in [-0.3, -0.25) is 9.38 Å². The van der Waals surface area contributed by atoms with E-state index in [2.05, 4.69) is 42.9 Å². The Kier molecular flexibility index (Phi) is 4.62. The zero-order valence-electron chi connectivity index (χ0n) is 15.8. The molecular weight excluding hydrogens is 371 g/mol. The number of thiophene rings is 1. The van der Waals surface area contributed by atoms with Crippen LogP contribution in [0.1, 0.15) is 31.2 Å². The third-order valence-electron chi connectivity index (χ3n) is 3.92. The van der Waals surface area contributed by atoms with Crippen LogP contribution in [-0.4, -0.2) is 19.9 Å². The highest BCUT2D eigenvalue weighted by Crippen LogP contribution is 2.34. The van der Waals surface area contributed by atoms with Gasteiger partial charge in [0.05, 0.1) is 16.0 Å². The van der Waals surface area contributed by atoms with Crippen LogP contribution in [0, 0.1) is 17.7 Å². The third kappa shape index (κ3) is 3.90. The second kappa shape index (κ2) is 7.10. The molecule has 0 bridgehead atoms. The van der Waals surface area contributed by atoms with Crippen molar-refractivity contribution in [2.75, 3.05) is 5.32 Å². The minimum absolute atomic E-state index is 0.120. The van der Waals surface area contributed by atoms with Gasteiger partial charge in [-0.2, -0.15) is 0 Å². The van der Waals surface area contributed by atoms with Gasteiger partial charge in [-0.1, -0.05) is 17.9 Å². The molecule has 1 aromatic carbocycles. The van der Waals surface area contributed by atoms with E-state index in [1.54, 1.807) is 35.9 Å². The summed E-state index contributed by atoms with van der Waals surface area (Å²) in [6.45, 7) is 6.34. The monoisotopic (exact) mass is 390 g/mol. The lowest BCUT2D eigenvalue weighted by molar-refractivity contribution is 0.627. The Bertz CT molecular complexity index is 1200. The van der Waals surface area contributed by atoms with Crippen molar-refractivity contribution in [3.63, 3.8) is 0 Å². The molecule has 3 heterocycles. The van der Waals surface area contributed by atoms with Gasteiger partial charge in [-0.25, -0.2) is 9.37 Å². The van der Waals surface area contributed by atoms with Crippen LogP contribution in [0.5, 0.6) is 0 Å². The number of aromatic nitrogens is 3. The van der Waals surface area contributed by atoms with Gasteiger partial charge in [0.15, 0.2) is 5.65 Å². The largest absolute Gasteiger partial charge is 0.365 e. The van der Waals surface area contributed by atoms with Gasteiger partial charge in [0.25, 0.3) is 0 Å². The summed E-state index contributed by atoms with van der Waals surface area (Å²) >= 11 is 1.56. The van der Waals surface area contributed by atoms with Crippen molar-refractivity contribution in [2.45, 2.75) is 26.3 Å². The molecular formula is C22H19FN4S. The number of nitrogens with zero attached hydrogens (tertiary/aromatic N) is 3. The van der Waals surface area contributed by atoms with E-state index in [1.165, 1.54) is 12.1 Å². The van der Waals surface area contributed by atoms with Gasteiger partial charge in [-0.05, 0) is 51.1 Å². The summed E-state index contributed by atoms with van der Waals surface area (Å²) in [7, 11) is 0. The Morgan fingerprint density at radius 2 is 2.00 bits per heavy atom. The van der Waals surface area contributed by atoms with Crippen molar-refractivity contribution < 1.29 is 4.39 Å². The number of anilines is 1. The third-order valence-corrected chi connectivity index (χ3v) is 4.93. The first kappa shape index (κ1) is 18.2. The fourth-order valence-corrected chi connectivity index (χ4v) is 3.64. The molecule has 0 aliphatic rings. The van der Waals surface area contributed by atoms with E-state index in [1.807, 2.05) is 22.7 Å². The number of hydrogen-bond donors (Lipinski definition) is 1. The second-order valence-electron chi connectivity index (χ2n) is 7.41. The van der Waals surface area contributed by atoms with Gasteiger partial charge in [0.1, 0.15) is 17.3 Å². The van der Waals surface area contributed by atoms with Crippen molar-refractivity contribution in [2.24, 2.45) is 0 Å². The van der Waals surface area contributed by atoms with Gasteiger partial charge in [-0.15, -0.1) is 11.3 Å². The summed E-state index contributed by atoms with van der Waals surface area (Å²) in [5, 5.41) is 3.55. The molecule has 0 radical (unpaired) electrons. The predicted octanol–water partition coefficient (Wildman–Crippen LogP) is 5.21. The van der Waals surface area contributed by atoms with Gasteiger partial charge in [0.2, 0.25) is 0 Å². The molecule has 4 nitrogen and oxygen atoms in total. The van der Waals surface area contributed by atoms with E-state index in [4.69, 9.17) is 4.98 Å². The average Bonchev–Trinajstić information content (AvgIpc) is 3.24. The zero-order chi connectivity index (χ0) is 19.7. The molecule has 140 valence electrons. The van der Waals surface area contributed by atoms with E-state index in [-0.39, 0.29) is 11.4 Å². The van der Waals surface area contributed by atoms with Crippen molar-refractivity contribution in [3.05, 3.63) is 71.2 Å². The summed E-state index contributed by atoms with van der Waals surface area (Å²) in [5.41, 5.74) is 2.19. The molecule has 0 saturated carbocycles. The number of rotatable bonds is 2. The normalized spacial score (nSPS) is 11.3. The van der Waals surface area contributed by atoms with Crippen LogP contribution in [0.3, 0.4) is 0 Å². The Morgan fingerprint density at radius 3 is 2.79 bits per heavy atom. The molecule has 28 heavy (non-hydrogen) atoms. The molecule has 4 aromatic rings. The minimum atomic E-state index is -0.283. The first-order valence-electron chi connectivity index (χ1n) is 8.87. The smallest absolute Gasteiger partial charge is 0.157 e. The van der Waals surface area contributed by atoms with Crippen LogP contribution in [0.15, 0.2) is 55.0 Å². The molecule has 0 amide bonds. The average molecular weight is 390 g/mol. The standard InChI is InChI=1S/C22H19FN4S/c1-22(2,3)26-21-20(25-19-14-24-11-12-27(19)21)18-10-9-17(28-18)8-7-15-5-4-6-16(23)13-15/h4-6,9-14,26H,1-3H3. The quantitative estimate of drug-likeness (QED) is 0.478. The van der Waals surface area contributed by atoms with Crippen LogP contribution < -0.4 is 5.32 Å².